The third-order valence-electron chi connectivity index (χ3n) is 4.94. The Kier molecular flexibility index (Phi) is 7.87. The van der Waals surface area contributed by atoms with Crippen molar-refractivity contribution in [1.29, 1.82) is 0 Å². The molecule has 0 saturated carbocycles. The van der Waals surface area contributed by atoms with Crippen LogP contribution in [0.4, 0.5) is 11.4 Å². The van der Waals surface area contributed by atoms with Crippen LogP contribution in [0.2, 0.25) is 0 Å². The Bertz CT molecular complexity index is 834. The molecule has 1 aliphatic heterocycles. The summed E-state index contributed by atoms with van der Waals surface area (Å²) in [5.74, 6) is 0.444. The van der Waals surface area contributed by atoms with E-state index in [0.29, 0.717) is 17.9 Å². The topological polar surface area (TPSA) is 53.6 Å². The Hall–Kier alpha value is -2.60. The lowest BCUT2D eigenvalue weighted by Crippen LogP contribution is -2.35. The van der Waals surface area contributed by atoms with Crippen LogP contribution in [0.3, 0.4) is 0 Å². The van der Waals surface area contributed by atoms with E-state index in [2.05, 4.69) is 28.5 Å². The van der Waals surface area contributed by atoms with Gasteiger partial charge >= 0.3 is 0 Å². The molecule has 0 radical (unpaired) electrons. The largest absolute Gasteiger partial charge is 0.494 e. The number of carbonyl (C=O) groups is 1. The number of thiocarbonyl (C=S) groups is 1. The van der Waals surface area contributed by atoms with Crippen LogP contribution in [0.25, 0.3) is 0 Å². The van der Waals surface area contributed by atoms with Crippen LogP contribution in [0.1, 0.15) is 49.4 Å². The maximum atomic E-state index is 12.6. The van der Waals surface area contributed by atoms with Crippen molar-refractivity contribution < 1.29 is 9.53 Å². The van der Waals surface area contributed by atoms with E-state index in [4.69, 9.17) is 17.0 Å². The highest BCUT2D eigenvalue weighted by Gasteiger charge is 2.15. The van der Waals surface area contributed by atoms with Crippen molar-refractivity contribution in [2.45, 2.75) is 39.0 Å². The minimum atomic E-state index is -0.251. The fourth-order valence-electron chi connectivity index (χ4n) is 3.38. The number of ether oxygens (including phenoxy) is 1. The second-order valence-corrected chi connectivity index (χ2v) is 7.61. The SMILES string of the molecule is CCCCOc1cccc(C(=O)NC(=S)Nc2ccccc2N2CCCCC2)c1. The number of nitrogens with zero attached hydrogens (tertiary/aromatic N) is 1. The molecular formula is C23H29N3O2S. The average molecular weight is 412 g/mol. The average Bonchev–Trinajstić information content (AvgIpc) is 2.75. The molecule has 154 valence electrons. The molecule has 2 aromatic rings. The van der Waals surface area contributed by atoms with Crippen molar-refractivity contribution in [2.24, 2.45) is 0 Å². The van der Waals surface area contributed by atoms with Crippen molar-refractivity contribution in [2.75, 3.05) is 29.9 Å². The van der Waals surface area contributed by atoms with E-state index in [1.165, 1.54) is 19.3 Å². The molecule has 0 spiro atoms. The van der Waals surface area contributed by atoms with E-state index >= 15 is 0 Å². The molecule has 1 saturated heterocycles. The minimum Gasteiger partial charge on any atom is -0.494 e. The van der Waals surface area contributed by atoms with E-state index in [9.17, 15) is 4.79 Å². The van der Waals surface area contributed by atoms with Crippen LogP contribution < -0.4 is 20.3 Å². The van der Waals surface area contributed by atoms with Crippen LogP contribution in [0.5, 0.6) is 5.75 Å². The first kappa shape index (κ1) is 21.1. The standard InChI is InChI=1S/C23H29N3O2S/c1-2-3-16-28-19-11-9-10-18(17-19)22(27)25-23(29)24-20-12-5-6-13-21(20)26-14-7-4-8-15-26/h5-6,9-13,17H,2-4,7-8,14-16H2,1H3,(H2,24,25,27,29). The highest BCUT2D eigenvalue weighted by molar-refractivity contribution is 7.80. The number of rotatable bonds is 7. The number of hydrogen-bond donors (Lipinski definition) is 2. The van der Waals surface area contributed by atoms with E-state index in [-0.39, 0.29) is 11.0 Å². The zero-order valence-corrected chi connectivity index (χ0v) is 17.8. The number of carbonyl (C=O) groups excluding carboxylic acids is 1. The lowest BCUT2D eigenvalue weighted by molar-refractivity contribution is 0.0977. The maximum absolute atomic E-state index is 12.6. The number of anilines is 2. The Morgan fingerprint density at radius 3 is 2.69 bits per heavy atom. The summed E-state index contributed by atoms with van der Waals surface area (Å²) in [6.07, 6.45) is 5.74. The monoisotopic (exact) mass is 411 g/mol. The van der Waals surface area contributed by atoms with Gasteiger partial charge in [0.2, 0.25) is 0 Å². The van der Waals surface area contributed by atoms with E-state index in [1.807, 2.05) is 30.3 Å². The van der Waals surface area contributed by atoms with Gasteiger partial charge in [-0.25, -0.2) is 0 Å². The third kappa shape index (κ3) is 6.19. The number of hydrogen-bond acceptors (Lipinski definition) is 4. The molecule has 2 aromatic carbocycles. The lowest BCUT2D eigenvalue weighted by Gasteiger charge is -2.30. The molecular weight excluding hydrogens is 382 g/mol. The summed E-state index contributed by atoms with van der Waals surface area (Å²) in [6.45, 7) is 4.85. The summed E-state index contributed by atoms with van der Waals surface area (Å²) in [5, 5.41) is 6.26. The second-order valence-electron chi connectivity index (χ2n) is 7.20. The van der Waals surface area contributed by atoms with Gasteiger partial charge in [0.15, 0.2) is 5.11 Å². The summed E-state index contributed by atoms with van der Waals surface area (Å²) in [7, 11) is 0. The lowest BCUT2D eigenvalue weighted by atomic mass is 10.1. The molecule has 0 aromatic heterocycles. The molecule has 29 heavy (non-hydrogen) atoms. The second kappa shape index (κ2) is 10.8. The molecule has 0 aliphatic carbocycles. The molecule has 1 amide bonds. The van der Waals surface area contributed by atoms with Gasteiger partial charge in [0.1, 0.15) is 5.75 Å². The van der Waals surface area contributed by atoms with Crippen molar-refractivity contribution >= 4 is 34.6 Å². The molecule has 0 unspecified atom stereocenters. The van der Waals surface area contributed by atoms with E-state index < -0.39 is 0 Å². The Morgan fingerprint density at radius 1 is 1.10 bits per heavy atom. The van der Waals surface area contributed by atoms with Crippen LogP contribution in [0, 0.1) is 0 Å². The van der Waals surface area contributed by atoms with Gasteiger partial charge in [0, 0.05) is 18.7 Å². The van der Waals surface area contributed by atoms with Gasteiger partial charge in [-0.1, -0.05) is 31.5 Å². The molecule has 0 atom stereocenters. The van der Waals surface area contributed by atoms with Crippen LogP contribution in [-0.4, -0.2) is 30.7 Å². The summed E-state index contributed by atoms with van der Waals surface area (Å²) in [4.78, 5) is 15.0. The zero-order chi connectivity index (χ0) is 20.5. The van der Waals surface area contributed by atoms with Gasteiger partial charge in [-0.3, -0.25) is 10.1 Å². The highest BCUT2D eigenvalue weighted by atomic mass is 32.1. The summed E-state index contributed by atoms with van der Waals surface area (Å²) >= 11 is 5.40. The molecule has 3 rings (SSSR count). The number of nitrogens with one attached hydrogen (secondary N) is 2. The fourth-order valence-corrected chi connectivity index (χ4v) is 3.58. The molecule has 1 heterocycles. The fraction of sp³-hybridized carbons (Fsp3) is 0.391. The van der Waals surface area contributed by atoms with Gasteiger partial charge in [-0.05, 0) is 68.2 Å². The quantitative estimate of drug-likeness (QED) is 0.497. The van der Waals surface area contributed by atoms with Gasteiger partial charge in [-0.15, -0.1) is 0 Å². The van der Waals surface area contributed by atoms with Crippen molar-refractivity contribution in [3.05, 3.63) is 54.1 Å². The van der Waals surface area contributed by atoms with Crippen molar-refractivity contribution in [3.8, 4) is 5.75 Å². The predicted molar refractivity (Wildman–Crippen MR) is 123 cm³/mol. The summed E-state index contributed by atoms with van der Waals surface area (Å²) < 4.78 is 5.69. The summed E-state index contributed by atoms with van der Waals surface area (Å²) in [6, 6.07) is 15.3. The number of piperidine rings is 1. The number of unbranched alkanes of at least 4 members (excludes halogenated alkanes) is 1. The zero-order valence-electron chi connectivity index (χ0n) is 16.9. The molecule has 0 bridgehead atoms. The number of amides is 1. The first-order valence-electron chi connectivity index (χ1n) is 10.4. The highest BCUT2D eigenvalue weighted by Crippen LogP contribution is 2.28. The Morgan fingerprint density at radius 2 is 1.90 bits per heavy atom. The first-order valence-corrected chi connectivity index (χ1v) is 10.8. The van der Waals surface area contributed by atoms with Gasteiger partial charge in [0.25, 0.3) is 5.91 Å². The maximum Gasteiger partial charge on any atom is 0.257 e. The molecule has 2 N–H and O–H groups in total. The van der Waals surface area contributed by atoms with Gasteiger partial charge < -0.3 is 15.0 Å². The van der Waals surface area contributed by atoms with E-state index in [0.717, 1.165) is 37.3 Å². The van der Waals surface area contributed by atoms with Crippen LogP contribution in [-0.2, 0) is 0 Å². The number of benzene rings is 2. The molecule has 1 aliphatic rings. The third-order valence-corrected chi connectivity index (χ3v) is 5.14. The smallest absolute Gasteiger partial charge is 0.257 e. The minimum absolute atomic E-state index is 0.251. The first-order chi connectivity index (χ1) is 14.2. The number of para-hydroxylation sites is 2. The van der Waals surface area contributed by atoms with Gasteiger partial charge in [0.05, 0.1) is 18.0 Å². The normalized spacial score (nSPS) is 13.6. The Balaban J connectivity index is 1.61. The molecule has 6 heteroatoms. The molecule has 5 nitrogen and oxygen atoms in total. The van der Waals surface area contributed by atoms with E-state index in [1.54, 1.807) is 12.1 Å². The van der Waals surface area contributed by atoms with Crippen molar-refractivity contribution in [1.82, 2.24) is 5.32 Å². The van der Waals surface area contributed by atoms with Crippen molar-refractivity contribution in [3.63, 3.8) is 0 Å². The van der Waals surface area contributed by atoms with Crippen LogP contribution in [0.15, 0.2) is 48.5 Å². The van der Waals surface area contributed by atoms with Crippen LogP contribution >= 0.6 is 12.2 Å². The summed E-state index contributed by atoms with van der Waals surface area (Å²) in [5.41, 5.74) is 2.55. The predicted octanol–water partition coefficient (Wildman–Crippen LogP) is 4.98. The Labute approximate surface area is 178 Å². The molecule has 1 fully saturated rings. The van der Waals surface area contributed by atoms with Gasteiger partial charge in [-0.2, -0.15) is 0 Å².